The number of anilines is 1. The minimum atomic E-state index is -0.123. The second-order valence-electron chi connectivity index (χ2n) is 9.94. The predicted molar refractivity (Wildman–Crippen MR) is 165 cm³/mol. The van der Waals surface area contributed by atoms with Crippen LogP contribution in [0.4, 0.5) is 5.13 Å². The second-order valence-corrected chi connectivity index (χ2v) is 12.2. The van der Waals surface area contributed by atoms with Crippen LogP contribution in [0.5, 0.6) is 0 Å². The van der Waals surface area contributed by atoms with Crippen molar-refractivity contribution >= 4 is 61.0 Å². The summed E-state index contributed by atoms with van der Waals surface area (Å²) in [6.45, 7) is 0. The van der Waals surface area contributed by atoms with Crippen LogP contribution in [0.1, 0.15) is 39.0 Å². The van der Waals surface area contributed by atoms with E-state index in [1.54, 1.807) is 18.6 Å². The minimum Gasteiger partial charge on any atom is -0.300 e. The van der Waals surface area contributed by atoms with Gasteiger partial charge in [0.25, 0.3) is 0 Å². The fourth-order valence-corrected chi connectivity index (χ4v) is 6.60. The Bertz CT molecular complexity index is 1720. The summed E-state index contributed by atoms with van der Waals surface area (Å²) >= 11 is 2.91. The highest BCUT2D eigenvalue weighted by atomic mass is 32.1. The Hall–Kier alpha value is -4.48. The molecule has 4 aromatic heterocycles. The van der Waals surface area contributed by atoms with Gasteiger partial charge in [-0.3, -0.25) is 19.6 Å². The fraction of sp³-hybridized carbons (Fsp3) is 0.226. The molecule has 42 heavy (non-hydrogen) atoms. The van der Waals surface area contributed by atoms with Crippen molar-refractivity contribution in [3.63, 3.8) is 0 Å². The number of benzene rings is 2. The molecule has 0 fully saturated rings. The first kappa shape index (κ1) is 27.7. The van der Waals surface area contributed by atoms with E-state index in [0.717, 1.165) is 73.4 Å². The van der Waals surface area contributed by atoms with Gasteiger partial charge in [0.2, 0.25) is 11.0 Å². The van der Waals surface area contributed by atoms with Crippen LogP contribution >= 0.6 is 22.7 Å². The van der Waals surface area contributed by atoms with Crippen LogP contribution in [0.25, 0.3) is 21.5 Å². The summed E-state index contributed by atoms with van der Waals surface area (Å²) in [5, 5.41) is 27.0. The molecule has 1 amide bonds. The van der Waals surface area contributed by atoms with Crippen LogP contribution in [-0.4, -0.2) is 42.1 Å². The third-order valence-electron chi connectivity index (χ3n) is 6.88. The summed E-state index contributed by atoms with van der Waals surface area (Å²) in [6.07, 6.45) is 11.4. The van der Waals surface area contributed by atoms with Gasteiger partial charge < -0.3 is 5.32 Å². The van der Waals surface area contributed by atoms with E-state index in [1.807, 2.05) is 54.7 Å². The van der Waals surface area contributed by atoms with Crippen molar-refractivity contribution in [1.29, 1.82) is 0 Å². The van der Waals surface area contributed by atoms with Crippen molar-refractivity contribution in [3.8, 4) is 0 Å². The number of ketones is 1. The molecule has 0 atom stereocenters. The van der Waals surface area contributed by atoms with Crippen molar-refractivity contribution in [2.75, 3.05) is 5.32 Å². The molecule has 9 nitrogen and oxygen atoms in total. The highest BCUT2D eigenvalue weighted by Gasteiger charge is 2.13. The van der Waals surface area contributed by atoms with Crippen LogP contribution in [-0.2, 0) is 41.7 Å². The highest BCUT2D eigenvalue weighted by molar-refractivity contribution is 7.15. The van der Waals surface area contributed by atoms with Gasteiger partial charge in [0.05, 0.1) is 12.8 Å². The van der Waals surface area contributed by atoms with Crippen LogP contribution in [0, 0.1) is 0 Å². The Morgan fingerprint density at radius 1 is 0.643 bits per heavy atom. The lowest BCUT2D eigenvalue weighted by Gasteiger charge is -2.05. The van der Waals surface area contributed by atoms with Crippen LogP contribution in [0.2, 0.25) is 0 Å². The molecule has 6 aromatic rings. The number of aromatic nitrogens is 6. The average Bonchev–Trinajstić information content (AvgIpc) is 3.64. The Labute approximate surface area is 250 Å². The van der Waals surface area contributed by atoms with Gasteiger partial charge in [0.1, 0.15) is 20.8 Å². The molecule has 0 saturated carbocycles. The number of rotatable bonds is 12. The van der Waals surface area contributed by atoms with Crippen molar-refractivity contribution in [3.05, 3.63) is 99.5 Å². The first-order chi connectivity index (χ1) is 20.6. The molecular formula is C31H27N7O2S2. The number of nitrogens with zero attached hydrogens (tertiary/aromatic N) is 6. The molecule has 210 valence electrons. The number of Topliss-reactive ketones (excluding diaryl/α,β-unsaturated/α-hetero) is 1. The van der Waals surface area contributed by atoms with Gasteiger partial charge in [-0.2, -0.15) is 0 Å². The molecular weight excluding hydrogens is 567 g/mol. The number of nitrogens with one attached hydrogen (secondary N) is 1. The lowest BCUT2D eigenvalue weighted by Crippen LogP contribution is -2.14. The van der Waals surface area contributed by atoms with Gasteiger partial charge in [0.15, 0.2) is 0 Å². The van der Waals surface area contributed by atoms with Crippen LogP contribution < -0.4 is 5.32 Å². The summed E-state index contributed by atoms with van der Waals surface area (Å²) in [5.74, 6) is -0.00224. The molecule has 0 aliphatic heterocycles. The van der Waals surface area contributed by atoms with E-state index in [4.69, 9.17) is 0 Å². The number of unbranched alkanes of at least 4 members (excludes halogenated alkanes) is 1. The molecule has 1 N–H and O–H groups in total. The molecule has 0 spiro atoms. The van der Waals surface area contributed by atoms with E-state index in [2.05, 4.69) is 35.7 Å². The lowest BCUT2D eigenvalue weighted by atomic mass is 10.0. The first-order valence-corrected chi connectivity index (χ1v) is 15.3. The monoisotopic (exact) mass is 593 g/mol. The smallest absolute Gasteiger partial charge is 0.230 e. The van der Waals surface area contributed by atoms with Gasteiger partial charge in [-0.25, -0.2) is 0 Å². The number of hydrogen-bond acceptors (Lipinski definition) is 10. The summed E-state index contributed by atoms with van der Waals surface area (Å²) < 4.78 is 0. The van der Waals surface area contributed by atoms with Gasteiger partial charge >= 0.3 is 0 Å². The second kappa shape index (κ2) is 13.0. The number of amides is 1. The fourth-order valence-electron chi connectivity index (χ4n) is 4.89. The maximum atomic E-state index is 12.7. The predicted octanol–water partition coefficient (Wildman–Crippen LogP) is 5.59. The Morgan fingerprint density at radius 3 is 1.93 bits per heavy atom. The lowest BCUT2D eigenvalue weighted by molar-refractivity contribution is -0.118. The van der Waals surface area contributed by atoms with Gasteiger partial charge in [-0.05, 0) is 46.9 Å². The number of carbonyl (C=O) groups excluding carboxylic acids is 2. The molecule has 0 bridgehead atoms. The Kier molecular flexibility index (Phi) is 8.57. The zero-order chi connectivity index (χ0) is 28.7. The van der Waals surface area contributed by atoms with E-state index in [9.17, 15) is 9.59 Å². The topological polar surface area (TPSA) is 124 Å². The third kappa shape index (κ3) is 6.87. The van der Waals surface area contributed by atoms with Crippen molar-refractivity contribution in [2.24, 2.45) is 0 Å². The molecule has 2 aromatic carbocycles. The average molecular weight is 594 g/mol. The van der Waals surface area contributed by atoms with Crippen molar-refractivity contribution in [1.82, 2.24) is 30.4 Å². The van der Waals surface area contributed by atoms with Gasteiger partial charge in [-0.1, -0.05) is 47.7 Å². The molecule has 0 radical (unpaired) electrons. The van der Waals surface area contributed by atoms with Gasteiger partial charge in [-0.15, -0.1) is 31.7 Å². The van der Waals surface area contributed by atoms with E-state index in [0.29, 0.717) is 11.6 Å². The minimum absolute atomic E-state index is 0.121. The normalized spacial score (nSPS) is 11.2. The number of carbonyl (C=O) groups is 2. The number of fused-ring (bicyclic) bond motifs is 2. The highest BCUT2D eigenvalue weighted by Crippen LogP contribution is 2.22. The van der Waals surface area contributed by atoms with E-state index in [1.165, 1.54) is 22.7 Å². The van der Waals surface area contributed by atoms with Crippen LogP contribution in [0.15, 0.2) is 73.3 Å². The maximum Gasteiger partial charge on any atom is 0.230 e. The zero-order valence-corrected chi connectivity index (χ0v) is 24.3. The molecule has 0 saturated heterocycles. The summed E-state index contributed by atoms with van der Waals surface area (Å²) in [7, 11) is 0. The molecule has 11 heteroatoms. The molecule has 0 aliphatic rings. The number of pyridine rings is 2. The van der Waals surface area contributed by atoms with Gasteiger partial charge in [0, 0.05) is 54.8 Å². The van der Waals surface area contributed by atoms with Crippen molar-refractivity contribution < 1.29 is 9.59 Å². The first-order valence-electron chi connectivity index (χ1n) is 13.7. The quantitative estimate of drug-likeness (QED) is 0.182. The Balaban J connectivity index is 0.936. The SMILES string of the molecule is O=C(Cc1nnc(CCCCc2nnc(NC(=O)Cc3cccc4cnccc34)s2)s1)Cc1cccc2cnccc12. The molecule has 0 unspecified atom stereocenters. The summed E-state index contributed by atoms with van der Waals surface area (Å²) in [4.78, 5) is 33.7. The molecule has 6 rings (SSSR count). The third-order valence-corrected chi connectivity index (χ3v) is 8.76. The summed E-state index contributed by atoms with van der Waals surface area (Å²) in [5.41, 5.74) is 1.95. The van der Waals surface area contributed by atoms with E-state index < -0.39 is 0 Å². The summed E-state index contributed by atoms with van der Waals surface area (Å²) in [6, 6.07) is 15.7. The molecule has 4 heterocycles. The standard InChI is InChI=1S/C31H27N7O2S2/c39-24(15-20-5-3-7-22-18-32-13-11-25(20)22)17-30-37-35-28(41-30)9-1-2-10-29-36-38-31(42-29)34-27(40)16-21-6-4-8-23-19-33-14-12-26(21)23/h3-8,11-14,18-19H,1-2,9-10,15-17H2,(H,34,38,40). The zero-order valence-electron chi connectivity index (χ0n) is 22.7. The largest absolute Gasteiger partial charge is 0.300 e. The molecule has 0 aliphatic carbocycles. The van der Waals surface area contributed by atoms with Crippen LogP contribution in [0.3, 0.4) is 0 Å². The Morgan fingerprint density at radius 2 is 1.24 bits per heavy atom. The number of hydrogen-bond donors (Lipinski definition) is 1. The number of aryl methyl sites for hydroxylation is 2. The van der Waals surface area contributed by atoms with E-state index >= 15 is 0 Å². The van der Waals surface area contributed by atoms with Crippen molar-refractivity contribution in [2.45, 2.75) is 44.9 Å². The maximum absolute atomic E-state index is 12.7. The van der Waals surface area contributed by atoms with E-state index in [-0.39, 0.29) is 24.5 Å².